The molecule has 3 heteroatoms. The van der Waals surface area contributed by atoms with E-state index in [4.69, 9.17) is 15.0 Å². The van der Waals surface area contributed by atoms with Gasteiger partial charge in [0.1, 0.15) is 0 Å². The summed E-state index contributed by atoms with van der Waals surface area (Å²) in [5.74, 6) is 1.92. The molecule has 0 unspecified atom stereocenters. The molecule has 9 aromatic carbocycles. The van der Waals surface area contributed by atoms with Gasteiger partial charge in [0, 0.05) is 16.7 Å². The predicted molar refractivity (Wildman–Crippen MR) is 249 cm³/mol. The maximum Gasteiger partial charge on any atom is 0.164 e. The average molecular weight is 776 g/mol. The van der Waals surface area contributed by atoms with Crippen LogP contribution in [0.1, 0.15) is 22.3 Å². The van der Waals surface area contributed by atoms with Gasteiger partial charge in [-0.2, -0.15) is 0 Å². The number of fused-ring (bicyclic) bond motifs is 10. The van der Waals surface area contributed by atoms with Crippen LogP contribution in [-0.2, 0) is 5.41 Å². The highest BCUT2D eigenvalue weighted by molar-refractivity contribution is 5.96. The molecule has 0 atom stereocenters. The third-order valence-corrected chi connectivity index (χ3v) is 12.6. The van der Waals surface area contributed by atoms with E-state index >= 15 is 0 Å². The van der Waals surface area contributed by atoms with E-state index in [0.717, 1.165) is 33.4 Å². The Morgan fingerprint density at radius 2 is 0.541 bits per heavy atom. The Labute approximate surface area is 355 Å². The number of aromatic nitrogens is 3. The molecule has 10 aromatic rings. The predicted octanol–water partition coefficient (Wildman–Crippen LogP) is 14.2. The van der Waals surface area contributed by atoms with Crippen LogP contribution in [0.15, 0.2) is 224 Å². The average Bonchev–Trinajstić information content (AvgIpc) is 3.82. The maximum absolute atomic E-state index is 5.10. The van der Waals surface area contributed by atoms with Crippen LogP contribution < -0.4 is 0 Å². The van der Waals surface area contributed by atoms with Gasteiger partial charge in [0.15, 0.2) is 17.5 Å². The van der Waals surface area contributed by atoms with E-state index in [9.17, 15) is 0 Å². The van der Waals surface area contributed by atoms with Crippen LogP contribution in [0.2, 0.25) is 0 Å². The number of benzene rings is 9. The molecule has 284 valence electrons. The largest absolute Gasteiger partial charge is 0.208 e. The van der Waals surface area contributed by atoms with Gasteiger partial charge in [-0.05, 0) is 96.1 Å². The molecular formula is C58H37N3. The molecule has 0 radical (unpaired) electrons. The fraction of sp³-hybridized carbons (Fsp3) is 0.0172. The van der Waals surface area contributed by atoms with Gasteiger partial charge in [0.05, 0.1) is 5.41 Å². The van der Waals surface area contributed by atoms with Crippen molar-refractivity contribution in [2.75, 3.05) is 0 Å². The molecule has 0 amide bonds. The summed E-state index contributed by atoms with van der Waals surface area (Å²) in [6.07, 6.45) is 0. The van der Waals surface area contributed by atoms with E-state index in [-0.39, 0.29) is 5.41 Å². The number of rotatable bonds is 6. The van der Waals surface area contributed by atoms with E-state index in [1.54, 1.807) is 0 Å². The third kappa shape index (κ3) is 5.62. The summed E-state index contributed by atoms with van der Waals surface area (Å²) in [4.78, 5) is 15.2. The summed E-state index contributed by atoms with van der Waals surface area (Å²) >= 11 is 0. The lowest BCUT2D eigenvalue weighted by Crippen LogP contribution is -2.25. The molecule has 1 spiro atoms. The van der Waals surface area contributed by atoms with Gasteiger partial charge in [-0.3, -0.25) is 0 Å². The van der Waals surface area contributed by atoms with E-state index in [2.05, 4.69) is 188 Å². The van der Waals surface area contributed by atoms with Crippen LogP contribution >= 0.6 is 0 Å². The number of hydrogen-bond donors (Lipinski definition) is 0. The molecule has 1 heterocycles. The molecule has 0 fully saturated rings. The Kier molecular flexibility index (Phi) is 8.07. The van der Waals surface area contributed by atoms with Gasteiger partial charge < -0.3 is 0 Å². The molecular weight excluding hydrogens is 739 g/mol. The highest BCUT2D eigenvalue weighted by Crippen LogP contribution is 2.63. The zero-order chi connectivity index (χ0) is 40.3. The molecule has 0 saturated heterocycles. The summed E-state index contributed by atoms with van der Waals surface area (Å²) < 4.78 is 0. The van der Waals surface area contributed by atoms with Crippen LogP contribution in [0, 0.1) is 0 Å². The van der Waals surface area contributed by atoms with Crippen LogP contribution in [0.4, 0.5) is 0 Å². The highest BCUT2D eigenvalue weighted by Gasteiger charge is 2.51. The van der Waals surface area contributed by atoms with E-state index in [1.807, 2.05) is 36.4 Å². The Morgan fingerprint density at radius 1 is 0.213 bits per heavy atom. The van der Waals surface area contributed by atoms with Crippen LogP contribution in [0.3, 0.4) is 0 Å². The fourth-order valence-electron chi connectivity index (χ4n) is 9.78. The zero-order valence-electron chi connectivity index (χ0n) is 33.2. The second kappa shape index (κ2) is 14.1. The van der Waals surface area contributed by atoms with Gasteiger partial charge in [-0.15, -0.1) is 0 Å². The lowest BCUT2D eigenvalue weighted by molar-refractivity contribution is 0.794. The molecule has 12 rings (SSSR count). The first kappa shape index (κ1) is 35.0. The van der Waals surface area contributed by atoms with Crippen LogP contribution in [0.25, 0.3) is 89.8 Å². The minimum absolute atomic E-state index is 0.382. The van der Waals surface area contributed by atoms with Gasteiger partial charge in [0.2, 0.25) is 0 Å². The Balaban J connectivity index is 0.942. The van der Waals surface area contributed by atoms with Gasteiger partial charge in [-0.1, -0.05) is 206 Å². The summed E-state index contributed by atoms with van der Waals surface area (Å²) in [7, 11) is 0. The first-order chi connectivity index (χ1) is 30.2. The fourth-order valence-corrected chi connectivity index (χ4v) is 9.78. The van der Waals surface area contributed by atoms with Crippen molar-refractivity contribution < 1.29 is 0 Å². The highest BCUT2D eigenvalue weighted by atomic mass is 15.0. The van der Waals surface area contributed by atoms with Crippen molar-refractivity contribution in [1.82, 2.24) is 15.0 Å². The minimum Gasteiger partial charge on any atom is -0.208 e. The van der Waals surface area contributed by atoms with Crippen molar-refractivity contribution in [3.05, 3.63) is 247 Å². The van der Waals surface area contributed by atoms with Crippen LogP contribution in [-0.4, -0.2) is 15.0 Å². The van der Waals surface area contributed by atoms with Crippen molar-refractivity contribution in [3.63, 3.8) is 0 Å². The molecule has 0 aliphatic heterocycles. The van der Waals surface area contributed by atoms with E-state index < -0.39 is 0 Å². The number of hydrogen-bond acceptors (Lipinski definition) is 3. The van der Waals surface area contributed by atoms with Crippen molar-refractivity contribution >= 4 is 0 Å². The molecule has 61 heavy (non-hydrogen) atoms. The first-order valence-electron chi connectivity index (χ1n) is 20.8. The van der Waals surface area contributed by atoms with E-state index in [0.29, 0.717) is 17.5 Å². The molecule has 0 saturated carbocycles. The zero-order valence-corrected chi connectivity index (χ0v) is 33.2. The molecule has 1 aromatic heterocycles. The molecule has 2 aliphatic rings. The topological polar surface area (TPSA) is 38.7 Å². The van der Waals surface area contributed by atoms with Gasteiger partial charge in [0.25, 0.3) is 0 Å². The molecule has 0 bridgehead atoms. The summed E-state index contributed by atoms with van der Waals surface area (Å²) in [6, 6.07) is 80.5. The third-order valence-electron chi connectivity index (χ3n) is 12.6. The SMILES string of the molecule is c1ccc(-c2ccc(-c3nc(-c4ccccc4)nc(-c4cccc(-c5cccc(-c6ccc7c(c6)C6(c8ccccc8-c8ccccc86)c6ccccc6-7)c5)c4)n3)cc2)cc1. The summed E-state index contributed by atoms with van der Waals surface area (Å²) in [6.45, 7) is 0. The lowest BCUT2D eigenvalue weighted by atomic mass is 9.70. The summed E-state index contributed by atoms with van der Waals surface area (Å²) in [5, 5.41) is 0. The maximum atomic E-state index is 5.10. The van der Waals surface area contributed by atoms with Crippen LogP contribution in [0.5, 0.6) is 0 Å². The molecule has 0 N–H and O–H groups in total. The van der Waals surface area contributed by atoms with Crippen molar-refractivity contribution in [3.8, 4) is 89.8 Å². The standard InChI is InChI=1S/C58H37N3/c1-3-15-38(16-4-1)39-29-31-41(32-30-39)56-59-55(40-17-5-2-6-18-40)60-57(61-56)46-22-14-21-44(36-46)42-19-13-20-43(35-42)45-33-34-50-49-25-9-12-28-53(49)58(54(50)37-45)51-26-10-7-23-47(51)48-24-8-11-27-52(48)58/h1-37H. The van der Waals surface area contributed by atoms with Crippen molar-refractivity contribution in [1.29, 1.82) is 0 Å². The normalized spacial score (nSPS) is 12.7. The van der Waals surface area contributed by atoms with Gasteiger partial charge in [-0.25, -0.2) is 15.0 Å². The van der Waals surface area contributed by atoms with Crippen molar-refractivity contribution in [2.45, 2.75) is 5.41 Å². The molecule has 3 nitrogen and oxygen atoms in total. The minimum atomic E-state index is -0.382. The Hall–Kier alpha value is -8.01. The van der Waals surface area contributed by atoms with E-state index in [1.165, 1.54) is 61.2 Å². The second-order valence-electron chi connectivity index (χ2n) is 15.9. The first-order valence-corrected chi connectivity index (χ1v) is 20.8. The lowest BCUT2D eigenvalue weighted by Gasteiger charge is -2.30. The second-order valence-corrected chi connectivity index (χ2v) is 15.9. The molecule has 2 aliphatic carbocycles. The van der Waals surface area contributed by atoms with Gasteiger partial charge >= 0.3 is 0 Å². The number of nitrogens with zero attached hydrogens (tertiary/aromatic N) is 3. The Morgan fingerprint density at radius 3 is 1.08 bits per heavy atom. The smallest absolute Gasteiger partial charge is 0.164 e. The quantitative estimate of drug-likeness (QED) is 0.169. The summed E-state index contributed by atoms with van der Waals surface area (Å²) in [5.41, 5.74) is 20.0. The van der Waals surface area contributed by atoms with Crippen molar-refractivity contribution in [2.24, 2.45) is 0 Å². The monoisotopic (exact) mass is 775 g/mol. The Bertz CT molecular complexity index is 3230.